The molecule has 0 aromatic carbocycles. The predicted octanol–water partition coefficient (Wildman–Crippen LogP) is 9.76. The van der Waals surface area contributed by atoms with Gasteiger partial charge in [-0.15, -0.1) is 0 Å². The van der Waals surface area contributed by atoms with Crippen molar-refractivity contribution in [3.05, 3.63) is 0 Å². The second-order valence-corrected chi connectivity index (χ2v) is 13.9. The molecule has 1 N–H and O–H groups in total. The molecule has 0 aromatic rings. The standard InChI is InChI=1S/C29H39F13O3/c1-3-18(19-7-8-23(15-19,27(34,35)36)45-20-6-4-5-13-44-20)14-17(2)21-9-11-22(16-21,12-10-21)24(43,25(30,31)28(37,38)39)26(32,33)29(40,41)42/h17-20,43H,3-16H2,1-2H3. The van der Waals surface area contributed by atoms with Gasteiger partial charge in [0.05, 0.1) is 0 Å². The lowest BCUT2D eigenvalue weighted by atomic mass is 9.62. The minimum Gasteiger partial charge on any atom is -0.377 e. The molecule has 4 aliphatic rings. The van der Waals surface area contributed by atoms with Gasteiger partial charge in [-0.25, -0.2) is 0 Å². The predicted molar refractivity (Wildman–Crippen MR) is 133 cm³/mol. The minimum absolute atomic E-state index is 0.115. The first-order chi connectivity index (χ1) is 20.4. The van der Waals surface area contributed by atoms with Crippen LogP contribution in [-0.4, -0.2) is 59.6 Å². The highest BCUT2D eigenvalue weighted by Crippen LogP contribution is 2.75. The third kappa shape index (κ3) is 5.65. The van der Waals surface area contributed by atoms with E-state index in [4.69, 9.17) is 9.47 Å². The molecule has 0 amide bonds. The third-order valence-corrected chi connectivity index (χ3v) is 11.7. The van der Waals surface area contributed by atoms with Gasteiger partial charge in [0.2, 0.25) is 5.60 Å². The molecule has 45 heavy (non-hydrogen) atoms. The van der Waals surface area contributed by atoms with Crippen molar-refractivity contribution >= 4 is 0 Å². The first-order valence-electron chi connectivity index (χ1n) is 15.3. The van der Waals surface area contributed by atoms with E-state index in [2.05, 4.69) is 0 Å². The van der Waals surface area contributed by atoms with Crippen LogP contribution in [0.2, 0.25) is 0 Å². The van der Waals surface area contributed by atoms with E-state index in [1.807, 2.05) is 0 Å². The highest BCUT2D eigenvalue weighted by Gasteiger charge is 2.91. The Morgan fingerprint density at radius 3 is 1.80 bits per heavy atom. The molecule has 0 aromatic heterocycles. The Labute approximate surface area is 252 Å². The Kier molecular flexibility index (Phi) is 9.44. The van der Waals surface area contributed by atoms with Crippen molar-refractivity contribution in [3.8, 4) is 0 Å². The molecule has 2 bridgehead atoms. The molecule has 16 heteroatoms. The molecule has 4 rings (SSSR count). The SMILES string of the molecule is CCC(CC(C)C12CCC(C(O)(C(F)(F)C(F)(F)F)C(F)(F)C(F)(F)F)(CC1)C2)C1CCC(OC2CCCCO2)(C(F)(F)F)C1. The third-order valence-electron chi connectivity index (χ3n) is 11.7. The molecule has 1 aliphatic heterocycles. The summed E-state index contributed by atoms with van der Waals surface area (Å²) in [6.45, 7) is 3.54. The molecule has 5 atom stereocenters. The van der Waals surface area contributed by atoms with Crippen molar-refractivity contribution < 1.29 is 71.7 Å². The van der Waals surface area contributed by atoms with E-state index in [0.29, 0.717) is 25.7 Å². The molecule has 3 aliphatic carbocycles. The zero-order valence-electron chi connectivity index (χ0n) is 24.9. The largest absolute Gasteiger partial charge is 0.456 e. The van der Waals surface area contributed by atoms with Crippen molar-refractivity contribution in [3.63, 3.8) is 0 Å². The molecular weight excluding hydrogens is 643 g/mol. The van der Waals surface area contributed by atoms with Crippen molar-refractivity contribution in [2.45, 2.75) is 145 Å². The average Bonchev–Trinajstić information content (AvgIpc) is 3.64. The summed E-state index contributed by atoms with van der Waals surface area (Å²) in [5.41, 5.74) is -12.7. The number of rotatable bonds is 10. The van der Waals surface area contributed by atoms with Crippen LogP contribution in [0.15, 0.2) is 0 Å². The molecule has 0 radical (unpaired) electrons. The van der Waals surface area contributed by atoms with E-state index >= 15 is 0 Å². The maximum absolute atomic E-state index is 14.8. The van der Waals surface area contributed by atoms with Crippen molar-refractivity contribution in [1.29, 1.82) is 0 Å². The quantitative estimate of drug-likeness (QED) is 0.233. The smallest absolute Gasteiger partial charge is 0.377 e. The van der Waals surface area contributed by atoms with Crippen LogP contribution in [0.25, 0.3) is 0 Å². The first kappa shape index (κ1) is 36.8. The van der Waals surface area contributed by atoms with Gasteiger partial charge in [0.25, 0.3) is 0 Å². The van der Waals surface area contributed by atoms with Crippen LogP contribution in [0.4, 0.5) is 57.1 Å². The molecule has 264 valence electrons. The number of fused-ring (bicyclic) bond motifs is 2. The van der Waals surface area contributed by atoms with Gasteiger partial charge in [0.1, 0.15) is 0 Å². The Morgan fingerprint density at radius 1 is 0.800 bits per heavy atom. The Bertz CT molecular complexity index is 1010. The van der Waals surface area contributed by atoms with Crippen LogP contribution in [0.3, 0.4) is 0 Å². The lowest BCUT2D eigenvalue weighted by Gasteiger charge is -2.51. The van der Waals surface area contributed by atoms with Crippen molar-refractivity contribution in [2.75, 3.05) is 6.61 Å². The van der Waals surface area contributed by atoms with Gasteiger partial charge in [0.15, 0.2) is 11.9 Å². The maximum Gasteiger partial charge on any atom is 0.456 e. The second-order valence-electron chi connectivity index (χ2n) is 13.9. The molecule has 5 unspecified atom stereocenters. The Hall–Kier alpha value is -1.03. The average molecular weight is 683 g/mol. The fourth-order valence-electron chi connectivity index (χ4n) is 9.02. The maximum atomic E-state index is 14.8. The van der Waals surface area contributed by atoms with Crippen LogP contribution < -0.4 is 0 Å². The van der Waals surface area contributed by atoms with E-state index in [0.717, 1.165) is 0 Å². The van der Waals surface area contributed by atoms with Crippen LogP contribution in [0, 0.1) is 28.6 Å². The van der Waals surface area contributed by atoms with E-state index in [9.17, 15) is 62.2 Å². The summed E-state index contributed by atoms with van der Waals surface area (Å²) in [5, 5.41) is 10.6. The highest BCUT2D eigenvalue weighted by atomic mass is 19.4. The summed E-state index contributed by atoms with van der Waals surface area (Å²) in [6, 6.07) is 0. The van der Waals surface area contributed by atoms with Crippen LogP contribution >= 0.6 is 0 Å². The Balaban J connectivity index is 1.57. The summed E-state index contributed by atoms with van der Waals surface area (Å²) < 4.78 is 194. The van der Waals surface area contributed by atoms with Gasteiger partial charge in [-0.3, -0.25) is 0 Å². The summed E-state index contributed by atoms with van der Waals surface area (Å²) >= 11 is 0. The molecule has 4 fully saturated rings. The summed E-state index contributed by atoms with van der Waals surface area (Å²) in [6.07, 6.45) is -21.5. The number of hydrogen-bond acceptors (Lipinski definition) is 3. The van der Waals surface area contributed by atoms with E-state index < -0.39 is 102 Å². The van der Waals surface area contributed by atoms with Gasteiger partial charge in [-0.2, -0.15) is 57.1 Å². The molecule has 3 nitrogen and oxygen atoms in total. The lowest BCUT2D eigenvalue weighted by molar-refractivity contribution is -0.446. The number of alkyl halides is 13. The topological polar surface area (TPSA) is 38.7 Å². The van der Waals surface area contributed by atoms with Gasteiger partial charge in [0, 0.05) is 12.0 Å². The number of aliphatic hydroxyl groups is 1. The van der Waals surface area contributed by atoms with E-state index in [1.165, 1.54) is 0 Å². The zero-order chi connectivity index (χ0) is 34.1. The zero-order valence-corrected chi connectivity index (χ0v) is 24.9. The molecule has 0 spiro atoms. The van der Waals surface area contributed by atoms with E-state index in [-0.39, 0.29) is 38.7 Å². The fraction of sp³-hybridized carbons (Fsp3) is 1.00. The van der Waals surface area contributed by atoms with Gasteiger partial charge < -0.3 is 14.6 Å². The van der Waals surface area contributed by atoms with Gasteiger partial charge in [-0.05, 0) is 100 Å². The lowest BCUT2D eigenvalue weighted by Crippen LogP contribution is -2.76. The van der Waals surface area contributed by atoms with Gasteiger partial charge in [-0.1, -0.05) is 20.3 Å². The molecular formula is C29H39F13O3. The number of hydrogen-bond donors (Lipinski definition) is 1. The minimum atomic E-state index is -6.92. The highest BCUT2D eigenvalue weighted by molar-refractivity contribution is 5.24. The summed E-state index contributed by atoms with van der Waals surface area (Å²) in [7, 11) is 0. The van der Waals surface area contributed by atoms with Crippen LogP contribution in [0.5, 0.6) is 0 Å². The molecule has 3 saturated carbocycles. The first-order valence-corrected chi connectivity index (χ1v) is 15.3. The number of halogens is 13. The van der Waals surface area contributed by atoms with E-state index in [1.54, 1.807) is 13.8 Å². The number of ether oxygens (including phenoxy) is 2. The summed E-state index contributed by atoms with van der Waals surface area (Å²) in [5.74, 6) is -15.2. The summed E-state index contributed by atoms with van der Waals surface area (Å²) in [4.78, 5) is 0. The molecule has 1 saturated heterocycles. The monoisotopic (exact) mass is 682 g/mol. The Morgan fingerprint density at radius 2 is 1.36 bits per heavy atom. The van der Waals surface area contributed by atoms with Gasteiger partial charge >= 0.3 is 30.4 Å². The normalized spacial score (nSPS) is 35.2. The second kappa shape index (κ2) is 11.5. The fourth-order valence-corrected chi connectivity index (χ4v) is 9.02. The van der Waals surface area contributed by atoms with Crippen LogP contribution in [0.1, 0.15) is 97.3 Å². The van der Waals surface area contributed by atoms with Crippen molar-refractivity contribution in [1.82, 2.24) is 0 Å². The van der Waals surface area contributed by atoms with Crippen molar-refractivity contribution in [2.24, 2.45) is 28.6 Å². The molecule has 1 heterocycles. The van der Waals surface area contributed by atoms with Crippen LogP contribution in [-0.2, 0) is 9.47 Å².